The number of aromatic nitrogens is 1. The molecule has 2 fully saturated rings. The SMILES string of the molecule is C[C@]12CCC3c4ccc(O)cc4CCC3C1C[C@@](CO)(CCCCCCNCCc1ccccn1)[C@@H]2O.[Cl][Pt][Cl]. The molecular formula is C32H46Cl2N2O3Pt. The van der Waals surface area contributed by atoms with E-state index in [0.717, 1.165) is 83.0 Å². The van der Waals surface area contributed by atoms with Gasteiger partial charge in [0.2, 0.25) is 0 Å². The molecule has 5 nitrogen and oxygen atoms in total. The standard InChI is InChI=1S/C32H46N2O3.2ClH.Pt/c1-31-16-13-27-26-12-10-25(36)20-23(26)9-11-28(27)29(31)21-32(22-35,30(31)37)15-5-2-3-6-17-33-19-14-24-8-4-7-18-34-24;;;/h4,7-8,10,12,18,20,27-30,33,35-37H,2-3,5-6,9,11,13-17,19,21-22H2,1H3;2*1H;/q;;;+2/p-2/t27?,28?,29?,30-,31+,32-;;;/m1.../s1. The monoisotopic (exact) mass is 771 g/mol. The van der Waals surface area contributed by atoms with Gasteiger partial charge < -0.3 is 20.6 Å². The fourth-order valence-corrected chi connectivity index (χ4v) is 8.33. The molecule has 40 heavy (non-hydrogen) atoms. The summed E-state index contributed by atoms with van der Waals surface area (Å²) >= 11 is -0.472. The van der Waals surface area contributed by atoms with Crippen molar-refractivity contribution in [3.05, 3.63) is 59.4 Å². The number of pyridine rings is 1. The van der Waals surface area contributed by atoms with E-state index < -0.39 is 22.6 Å². The number of fused-ring (bicyclic) bond motifs is 5. The van der Waals surface area contributed by atoms with E-state index in [1.165, 1.54) is 17.5 Å². The van der Waals surface area contributed by atoms with Gasteiger partial charge in [-0.3, -0.25) is 4.98 Å². The number of unbranched alkanes of at least 4 members (excludes halogenated alkanes) is 3. The second-order valence-electron chi connectivity index (χ2n) is 12.5. The predicted molar refractivity (Wildman–Crippen MR) is 159 cm³/mol. The molecule has 3 unspecified atom stereocenters. The fraction of sp³-hybridized carbons (Fsp3) is 0.656. The van der Waals surface area contributed by atoms with Crippen LogP contribution in [-0.4, -0.2) is 46.1 Å². The fourth-order valence-electron chi connectivity index (χ4n) is 8.33. The van der Waals surface area contributed by atoms with Crippen LogP contribution in [0.1, 0.15) is 87.4 Å². The molecule has 0 aliphatic heterocycles. The third kappa shape index (κ3) is 7.26. The number of nitrogens with one attached hydrogen (secondary N) is 1. The number of aryl methyl sites for hydroxylation is 1. The Morgan fingerprint density at radius 2 is 1.88 bits per heavy atom. The number of rotatable bonds is 11. The summed E-state index contributed by atoms with van der Waals surface area (Å²) in [5, 5.41) is 35.8. The summed E-state index contributed by atoms with van der Waals surface area (Å²) in [7, 11) is 9.75. The van der Waals surface area contributed by atoms with E-state index in [1.807, 2.05) is 30.5 Å². The molecule has 8 heteroatoms. The zero-order chi connectivity index (χ0) is 28.6. The molecule has 0 radical (unpaired) electrons. The van der Waals surface area contributed by atoms with E-state index >= 15 is 0 Å². The van der Waals surface area contributed by atoms with Crippen molar-refractivity contribution in [1.29, 1.82) is 0 Å². The first-order valence-electron chi connectivity index (χ1n) is 14.9. The molecule has 2 aromatic rings. The van der Waals surface area contributed by atoms with Gasteiger partial charge in [-0.1, -0.05) is 38.3 Å². The molecule has 1 heterocycles. The Morgan fingerprint density at radius 1 is 1.07 bits per heavy atom. The van der Waals surface area contributed by atoms with Crippen LogP contribution in [0.2, 0.25) is 0 Å². The molecule has 226 valence electrons. The van der Waals surface area contributed by atoms with Gasteiger partial charge in [-0.05, 0) is 110 Å². The number of phenolic OH excluding ortho intramolecular Hbond substituents is 1. The van der Waals surface area contributed by atoms with Gasteiger partial charge in [-0.15, -0.1) is 0 Å². The molecule has 6 atom stereocenters. The minimum atomic E-state index is -0.472. The number of benzene rings is 1. The van der Waals surface area contributed by atoms with Crippen molar-refractivity contribution in [2.75, 3.05) is 19.7 Å². The topological polar surface area (TPSA) is 85.6 Å². The molecule has 1 aromatic heterocycles. The van der Waals surface area contributed by atoms with Crippen molar-refractivity contribution >= 4 is 18.8 Å². The molecule has 5 rings (SSSR count). The van der Waals surface area contributed by atoms with Crippen molar-refractivity contribution in [3.8, 4) is 5.75 Å². The Balaban J connectivity index is 0.00000118. The molecule has 3 aliphatic rings. The van der Waals surface area contributed by atoms with Crippen molar-refractivity contribution in [2.24, 2.45) is 22.7 Å². The first-order valence-corrected chi connectivity index (χ1v) is 20.6. The first kappa shape index (κ1) is 32.2. The summed E-state index contributed by atoms with van der Waals surface area (Å²) in [5.41, 5.74) is 3.40. The van der Waals surface area contributed by atoms with Crippen LogP contribution in [-0.2, 0) is 29.3 Å². The van der Waals surface area contributed by atoms with Gasteiger partial charge >= 0.3 is 35.3 Å². The van der Waals surface area contributed by atoms with Crippen LogP contribution in [0.3, 0.4) is 0 Å². The second-order valence-corrected chi connectivity index (χ2v) is 15.8. The average molecular weight is 773 g/mol. The summed E-state index contributed by atoms with van der Waals surface area (Å²) in [6.45, 7) is 4.39. The van der Waals surface area contributed by atoms with E-state index in [1.54, 1.807) is 0 Å². The van der Waals surface area contributed by atoms with Gasteiger partial charge in [0, 0.05) is 30.3 Å². The number of nitrogens with zero attached hydrogens (tertiary/aromatic N) is 1. The molecule has 0 saturated heterocycles. The Bertz CT molecular complexity index is 1060. The van der Waals surface area contributed by atoms with Crippen molar-refractivity contribution in [3.63, 3.8) is 0 Å². The Labute approximate surface area is 256 Å². The van der Waals surface area contributed by atoms with Crippen LogP contribution in [0.4, 0.5) is 0 Å². The van der Waals surface area contributed by atoms with Crippen LogP contribution >= 0.6 is 18.8 Å². The van der Waals surface area contributed by atoms with Crippen LogP contribution in [0.15, 0.2) is 42.6 Å². The summed E-state index contributed by atoms with van der Waals surface area (Å²) < 4.78 is 0. The molecule has 0 amide bonds. The van der Waals surface area contributed by atoms with E-state index in [-0.39, 0.29) is 17.4 Å². The quantitative estimate of drug-likeness (QED) is 0.190. The Morgan fingerprint density at radius 3 is 2.62 bits per heavy atom. The van der Waals surface area contributed by atoms with E-state index in [9.17, 15) is 15.3 Å². The number of hydrogen-bond donors (Lipinski definition) is 4. The number of aliphatic hydroxyl groups excluding tert-OH is 2. The van der Waals surface area contributed by atoms with Gasteiger partial charge in [-0.25, -0.2) is 0 Å². The zero-order valence-corrected chi connectivity index (χ0v) is 27.4. The summed E-state index contributed by atoms with van der Waals surface area (Å²) in [6, 6.07) is 12.0. The molecular weight excluding hydrogens is 726 g/mol. The first-order chi connectivity index (χ1) is 19.4. The zero-order valence-electron chi connectivity index (χ0n) is 23.6. The molecule has 0 spiro atoms. The number of hydrogen-bond acceptors (Lipinski definition) is 5. The average Bonchev–Trinajstić information content (AvgIpc) is 3.19. The third-order valence-electron chi connectivity index (χ3n) is 10.4. The molecule has 4 N–H and O–H groups in total. The Kier molecular flexibility index (Phi) is 12.2. The van der Waals surface area contributed by atoms with E-state index in [2.05, 4.69) is 29.4 Å². The van der Waals surface area contributed by atoms with Crippen LogP contribution in [0.25, 0.3) is 0 Å². The molecule has 3 aliphatic carbocycles. The van der Waals surface area contributed by atoms with Crippen LogP contribution in [0.5, 0.6) is 5.75 Å². The minimum absolute atomic E-state index is 0.0944. The number of halogens is 2. The van der Waals surface area contributed by atoms with Gasteiger partial charge in [-0.2, -0.15) is 0 Å². The summed E-state index contributed by atoms with van der Waals surface area (Å²) in [6.07, 6.45) is 13.1. The van der Waals surface area contributed by atoms with Gasteiger partial charge in [0.15, 0.2) is 0 Å². The van der Waals surface area contributed by atoms with Crippen LogP contribution in [0, 0.1) is 22.7 Å². The predicted octanol–water partition coefficient (Wildman–Crippen LogP) is 6.75. The third-order valence-corrected chi connectivity index (χ3v) is 10.4. The van der Waals surface area contributed by atoms with Crippen molar-refractivity contribution in [1.82, 2.24) is 10.3 Å². The maximum absolute atomic E-state index is 11.7. The van der Waals surface area contributed by atoms with Gasteiger partial charge in [0.25, 0.3) is 0 Å². The number of aliphatic hydroxyl groups is 2. The second kappa shape index (κ2) is 15.2. The summed E-state index contributed by atoms with van der Waals surface area (Å²) in [4.78, 5) is 4.37. The van der Waals surface area contributed by atoms with E-state index in [4.69, 9.17) is 18.8 Å². The normalized spacial score (nSPS) is 30.6. The molecule has 0 bridgehead atoms. The Hall–Kier alpha value is -0.682. The van der Waals surface area contributed by atoms with Gasteiger partial charge in [0.1, 0.15) is 5.75 Å². The molecule has 2 saturated carbocycles. The summed E-state index contributed by atoms with van der Waals surface area (Å²) in [5.74, 6) is 1.91. The van der Waals surface area contributed by atoms with E-state index in [0.29, 0.717) is 23.5 Å². The van der Waals surface area contributed by atoms with Gasteiger partial charge in [0.05, 0.1) is 12.7 Å². The van der Waals surface area contributed by atoms with Crippen LogP contribution < -0.4 is 5.32 Å². The maximum atomic E-state index is 11.7. The molecule has 1 aromatic carbocycles. The van der Waals surface area contributed by atoms with Crippen molar-refractivity contribution in [2.45, 2.75) is 89.6 Å². The number of aromatic hydroxyl groups is 1. The van der Waals surface area contributed by atoms with Crippen molar-refractivity contribution < 1.29 is 31.8 Å². The number of phenols is 1.